The number of imide groups is 2. The molecule has 1 aliphatic heterocycles. The van der Waals surface area contributed by atoms with Gasteiger partial charge in [0.2, 0.25) is 0 Å². The summed E-state index contributed by atoms with van der Waals surface area (Å²) in [6, 6.07) is 15.0. The van der Waals surface area contributed by atoms with Gasteiger partial charge in [-0.1, -0.05) is 23.8 Å². The van der Waals surface area contributed by atoms with Gasteiger partial charge in [0.25, 0.3) is 11.8 Å². The van der Waals surface area contributed by atoms with Crippen LogP contribution in [0, 0.1) is 6.92 Å². The van der Waals surface area contributed by atoms with Crippen LogP contribution in [0.5, 0.6) is 5.75 Å². The van der Waals surface area contributed by atoms with Gasteiger partial charge in [0.05, 0.1) is 22.8 Å². The fourth-order valence-electron chi connectivity index (χ4n) is 3.47. The van der Waals surface area contributed by atoms with Crippen LogP contribution in [0.3, 0.4) is 0 Å². The van der Waals surface area contributed by atoms with Crippen molar-refractivity contribution >= 4 is 61.6 Å². The van der Waals surface area contributed by atoms with E-state index in [0.29, 0.717) is 5.56 Å². The number of benzene rings is 3. The molecule has 1 aliphatic rings. The lowest BCUT2D eigenvalue weighted by Crippen LogP contribution is -2.54. The number of rotatable bonds is 6. The topological polar surface area (TPSA) is 136 Å². The number of nitrogens with zero attached hydrogens (tertiary/aromatic N) is 1. The number of halogens is 1. The summed E-state index contributed by atoms with van der Waals surface area (Å²) in [6.07, 6.45) is 1.25. The first-order chi connectivity index (χ1) is 18.0. The molecular weight excluding hydrogens is 580 g/mol. The molecule has 1 saturated heterocycles. The van der Waals surface area contributed by atoms with Crippen molar-refractivity contribution in [2.45, 2.75) is 11.8 Å². The summed E-state index contributed by atoms with van der Waals surface area (Å²) < 4.78 is 35.4. The van der Waals surface area contributed by atoms with E-state index in [9.17, 15) is 27.6 Å². The fourth-order valence-corrected chi connectivity index (χ4v) is 5.00. The molecule has 0 aliphatic carbocycles. The molecule has 0 aromatic heterocycles. The van der Waals surface area contributed by atoms with Crippen LogP contribution < -0.4 is 14.4 Å². The molecular formula is C26H19BrN2O8S. The number of carbonyl (C=O) groups is 4. The fraction of sp³-hybridized carbons (Fsp3) is 0.0769. The summed E-state index contributed by atoms with van der Waals surface area (Å²) in [4.78, 5) is 50.4. The van der Waals surface area contributed by atoms with Gasteiger partial charge in [-0.15, -0.1) is 0 Å². The van der Waals surface area contributed by atoms with Crippen LogP contribution in [0.4, 0.5) is 10.5 Å². The number of nitrogens with one attached hydrogen (secondary N) is 1. The predicted molar refractivity (Wildman–Crippen MR) is 140 cm³/mol. The molecule has 0 radical (unpaired) electrons. The number of methoxy groups -OCH3 is 1. The number of carbonyl (C=O) groups excluding carboxylic acids is 4. The van der Waals surface area contributed by atoms with Crippen molar-refractivity contribution in [1.82, 2.24) is 5.32 Å². The van der Waals surface area contributed by atoms with Crippen LogP contribution in [0.2, 0.25) is 0 Å². The van der Waals surface area contributed by atoms with Gasteiger partial charge in [-0.3, -0.25) is 14.9 Å². The number of aryl methyl sites for hydroxylation is 1. The highest BCUT2D eigenvalue weighted by molar-refractivity contribution is 9.10. The van der Waals surface area contributed by atoms with E-state index >= 15 is 0 Å². The number of hydrogen-bond donors (Lipinski definition) is 1. The minimum absolute atomic E-state index is 0.00496. The average molecular weight is 599 g/mol. The lowest BCUT2D eigenvalue weighted by molar-refractivity contribution is -0.122. The van der Waals surface area contributed by atoms with Crippen LogP contribution >= 0.6 is 15.9 Å². The highest BCUT2D eigenvalue weighted by Gasteiger charge is 2.37. The van der Waals surface area contributed by atoms with Gasteiger partial charge >= 0.3 is 22.1 Å². The molecule has 4 amide bonds. The third kappa shape index (κ3) is 5.50. The van der Waals surface area contributed by atoms with E-state index < -0.39 is 33.9 Å². The Balaban J connectivity index is 1.60. The molecule has 38 heavy (non-hydrogen) atoms. The normalized spacial score (nSPS) is 14.9. The minimum Gasteiger partial charge on any atom is -0.465 e. The van der Waals surface area contributed by atoms with Gasteiger partial charge in [0.15, 0.2) is 5.75 Å². The number of anilines is 1. The first-order valence-corrected chi connectivity index (χ1v) is 13.1. The lowest BCUT2D eigenvalue weighted by Gasteiger charge is -2.26. The molecule has 0 unspecified atom stereocenters. The number of esters is 1. The molecule has 0 bridgehead atoms. The van der Waals surface area contributed by atoms with E-state index in [1.165, 1.54) is 67.8 Å². The molecule has 0 saturated carbocycles. The molecule has 1 N–H and O–H groups in total. The molecule has 0 spiro atoms. The summed E-state index contributed by atoms with van der Waals surface area (Å²) in [5.74, 6) is -2.38. The summed E-state index contributed by atoms with van der Waals surface area (Å²) in [7, 11) is -2.88. The number of amides is 4. The maximum absolute atomic E-state index is 13.1. The van der Waals surface area contributed by atoms with Crippen LogP contribution in [-0.2, 0) is 24.4 Å². The van der Waals surface area contributed by atoms with E-state index in [-0.39, 0.29) is 31.9 Å². The summed E-state index contributed by atoms with van der Waals surface area (Å²) in [6.45, 7) is 1.83. The maximum Gasteiger partial charge on any atom is 0.339 e. The SMILES string of the molecule is COC(=O)c1ccc(N2C(=O)NC(=O)/C(=C\c3ccc(OS(=O)(=O)c4ccc(C)cc4)c(Br)c3)C2=O)cc1. The minimum atomic E-state index is -4.10. The zero-order valence-electron chi connectivity index (χ0n) is 19.9. The molecule has 3 aromatic rings. The van der Waals surface area contributed by atoms with Crippen molar-refractivity contribution < 1.29 is 36.5 Å². The quantitative estimate of drug-likeness (QED) is 0.195. The van der Waals surface area contributed by atoms with Gasteiger partial charge < -0.3 is 8.92 Å². The Bertz CT molecular complexity index is 1600. The Kier molecular flexibility index (Phi) is 7.46. The van der Waals surface area contributed by atoms with Crippen LogP contribution in [-0.4, -0.2) is 39.3 Å². The Hall–Kier alpha value is -4.29. The standard InChI is InChI=1S/C26H19BrN2O8S/c1-15-3-10-19(11-4-15)38(34,35)37-22-12-5-16(14-21(22)27)13-20-23(30)28-26(33)29(24(20)31)18-8-6-17(7-9-18)25(32)36-2/h3-14H,1-2H3,(H,28,30,33)/b20-13+. The third-order valence-electron chi connectivity index (χ3n) is 5.42. The van der Waals surface area contributed by atoms with Crippen molar-refractivity contribution in [2.75, 3.05) is 12.0 Å². The molecule has 0 atom stereocenters. The zero-order valence-corrected chi connectivity index (χ0v) is 22.3. The first kappa shape index (κ1) is 26.8. The molecule has 1 fully saturated rings. The molecule has 1 heterocycles. The Labute approximate surface area is 226 Å². The highest BCUT2D eigenvalue weighted by Crippen LogP contribution is 2.30. The van der Waals surface area contributed by atoms with Crippen molar-refractivity contribution in [2.24, 2.45) is 0 Å². The number of barbiturate groups is 1. The van der Waals surface area contributed by atoms with Crippen molar-refractivity contribution in [3.05, 3.63) is 93.5 Å². The summed E-state index contributed by atoms with van der Waals surface area (Å²) in [5, 5.41) is 2.11. The van der Waals surface area contributed by atoms with Gasteiger partial charge in [0, 0.05) is 0 Å². The van der Waals surface area contributed by atoms with Crippen molar-refractivity contribution in [3.63, 3.8) is 0 Å². The second-order valence-electron chi connectivity index (χ2n) is 8.04. The van der Waals surface area contributed by atoms with E-state index in [1.807, 2.05) is 6.92 Å². The Morgan fingerprint density at radius 1 is 0.974 bits per heavy atom. The Morgan fingerprint density at radius 3 is 2.24 bits per heavy atom. The molecule has 10 nitrogen and oxygen atoms in total. The number of hydrogen-bond acceptors (Lipinski definition) is 8. The van der Waals surface area contributed by atoms with E-state index in [1.54, 1.807) is 12.1 Å². The summed E-state index contributed by atoms with van der Waals surface area (Å²) in [5.41, 5.74) is 1.25. The van der Waals surface area contributed by atoms with Gasteiger partial charge in [-0.05, 0) is 83.0 Å². The largest absolute Gasteiger partial charge is 0.465 e. The van der Waals surface area contributed by atoms with Gasteiger partial charge in [-0.2, -0.15) is 8.42 Å². The van der Waals surface area contributed by atoms with Crippen molar-refractivity contribution in [3.8, 4) is 5.75 Å². The molecule has 4 rings (SSSR count). The molecule has 3 aromatic carbocycles. The zero-order chi connectivity index (χ0) is 27.6. The molecule has 12 heteroatoms. The maximum atomic E-state index is 13.1. The lowest BCUT2D eigenvalue weighted by atomic mass is 10.1. The monoisotopic (exact) mass is 598 g/mol. The van der Waals surface area contributed by atoms with Gasteiger partial charge in [0.1, 0.15) is 10.5 Å². The Morgan fingerprint density at radius 2 is 1.63 bits per heavy atom. The van der Waals surface area contributed by atoms with Crippen molar-refractivity contribution in [1.29, 1.82) is 0 Å². The van der Waals surface area contributed by atoms with Gasteiger partial charge in [-0.25, -0.2) is 14.5 Å². The smallest absolute Gasteiger partial charge is 0.339 e. The van der Waals surface area contributed by atoms with Crippen LogP contribution in [0.1, 0.15) is 21.5 Å². The highest BCUT2D eigenvalue weighted by atomic mass is 79.9. The molecule has 194 valence electrons. The third-order valence-corrected chi connectivity index (χ3v) is 7.29. The van der Waals surface area contributed by atoms with E-state index in [2.05, 4.69) is 26.0 Å². The number of urea groups is 1. The second-order valence-corrected chi connectivity index (χ2v) is 10.4. The van der Waals surface area contributed by atoms with E-state index in [4.69, 9.17) is 4.18 Å². The second kappa shape index (κ2) is 10.6. The van der Waals surface area contributed by atoms with Crippen LogP contribution in [0.25, 0.3) is 6.08 Å². The number of ether oxygens (including phenoxy) is 1. The predicted octanol–water partition coefficient (Wildman–Crippen LogP) is 3.98. The first-order valence-electron chi connectivity index (χ1n) is 10.9. The average Bonchev–Trinajstić information content (AvgIpc) is 2.88. The van der Waals surface area contributed by atoms with Crippen LogP contribution in [0.15, 0.2) is 81.7 Å². The summed E-state index contributed by atoms with van der Waals surface area (Å²) >= 11 is 3.26. The van der Waals surface area contributed by atoms with E-state index in [0.717, 1.165) is 10.5 Å².